The van der Waals surface area contributed by atoms with Gasteiger partial charge in [0.1, 0.15) is 5.02 Å². The first-order valence-electron chi connectivity index (χ1n) is 5.67. The number of nitrogens with zero attached hydrogens (tertiary/aromatic N) is 2. The number of anilines is 1. The molecule has 18 heavy (non-hydrogen) atoms. The Morgan fingerprint density at radius 1 is 1.50 bits per heavy atom. The van der Waals surface area contributed by atoms with E-state index in [-0.39, 0.29) is 11.5 Å². The Hall–Kier alpha value is -0.780. The number of hydrogen-bond acceptors (Lipinski definition) is 5. The van der Waals surface area contributed by atoms with Crippen molar-refractivity contribution < 1.29 is 9.47 Å². The van der Waals surface area contributed by atoms with Crippen molar-refractivity contribution in [2.24, 2.45) is 0 Å². The average Bonchev–Trinajstić information content (AvgIpc) is 2.42. The fourth-order valence-corrected chi connectivity index (χ4v) is 2.31. The van der Waals surface area contributed by atoms with Crippen LogP contribution in [0.15, 0.2) is 6.20 Å². The molecule has 0 spiro atoms. The molecule has 1 fully saturated rings. The van der Waals surface area contributed by atoms with Crippen LogP contribution in [0.4, 0.5) is 5.82 Å². The van der Waals surface area contributed by atoms with Gasteiger partial charge >= 0.3 is 6.01 Å². The number of aromatic nitrogens is 2. The normalized spacial score (nSPS) is 18.4. The summed E-state index contributed by atoms with van der Waals surface area (Å²) in [5.74, 6) is 1.02. The second kappa shape index (κ2) is 5.91. The van der Waals surface area contributed by atoms with Crippen LogP contribution in [-0.2, 0) is 4.74 Å². The first-order valence-corrected chi connectivity index (χ1v) is 6.59. The van der Waals surface area contributed by atoms with E-state index < -0.39 is 0 Å². The molecule has 100 valence electrons. The molecule has 0 unspecified atom stereocenters. The van der Waals surface area contributed by atoms with Crippen molar-refractivity contribution in [2.75, 3.05) is 31.5 Å². The van der Waals surface area contributed by atoms with E-state index in [0.717, 1.165) is 12.8 Å². The van der Waals surface area contributed by atoms with Gasteiger partial charge in [0.05, 0.1) is 18.8 Å². The maximum atomic E-state index is 6.08. The first kappa shape index (κ1) is 13.6. The predicted octanol–water partition coefficient (Wildman–Crippen LogP) is 2.34. The van der Waals surface area contributed by atoms with Gasteiger partial charge in [0, 0.05) is 19.1 Å². The Labute approximate surface area is 116 Å². The molecule has 0 saturated carbocycles. The van der Waals surface area contributed by atoms with Crippen molar-refractivity contribution in [1.29, 1.82) is 0 Å². The molecule has 1 aliphatic heterocycles. The van der Waals surface area contributed by atoms with Gasteiger partial charge < -0.3 is 14.8 Å². The highest BCUT2D eigenvalue weighted by atomic mass is 35.5. The van der Waals surface area contributed by atoms with Crippen LogP contribution in [-0.4, -0.2) is 41.7 Å². The largest absolute Gasteiger partial charge is 0.467 e. The van der Waals surface area contributed by atoms with Crippen LogP contribution in [0.25, 0.3) is 0 Å². The molecule has 1 aromatic heterocycles. The summed E-state index contributed by atoms with van der Waals surface area (Å²) in [6, 6.07) is 0.277. The van der Waals surface area contributed by atoms with Gasteiger partial charge in [0.15, 0.2) is 5.82 Å². The Bertz CT molecular complexity index is 411. The number of methoxy groups -OCH3 is 1. The molecule has 0 bridgehead atoms. The van der Waals surface area contributed by atoms with Crippen LogP contribution < -0.4 is 10.1 Å². The summed E-state index contributed by atoms with van der Waals surface area (Å²) in [5, 5.41) is 3.76. The minimum atomic E-state index is -0.233. The fourth-order valence-electron chi connectivity index (χ4n) is 1.84. The van der Waals surface area contributed by atoms with Crippen LogP contribution in [0, 0.1) is 0 Å². The van der Waals surface area contributed by atoms with Crippen LogP contribution in [0.5, 0.6) is 6.01 Å². The number of nitrogens with one attached hydrogen (secondary N) is 1. The van der Waals surface area contributed by atoms with Crippen LogP contribution in [0.3, 0.4) is 0 Å². The minimum Gasteiger partial charge on any atom is -0.467 e. The molecule has 1 saturated heterocycles. The number of ether oxygens (including phenoxy) is 2. The van der Waals surface area contributed by atoms with E-state index in [2.05, 4.69) is 15.3 Å². The topological polar surface area (TPSA) is 56.3 Å². The van der Waals surface area contributed by atoms with E-state index in [0.29, 0.717) is 29.9 Å². The summed E-state index contributed by atoms with van der Waals surface area (Å²) in [5.41, 5.74) is -0.233. The number of alkyl halides is 1. The second-order valence-electron chi connectivity index (χ2n) is 4.20. The molecule has 1 aromatic rings. The predicted molar refractivity (Wildman–Crippen MR) is 70.7 cm³/mol. The quantitative estimate of drug-likeness (QED) is 0.863. The Kier molecular flexibility index (Phi) is 4.48. The van der Waals surface area contributed by atoms with Crippen LogP contribution >= 0.6 is 23.2 Å². The smallest absolute Gasteiger partial charge is 0.318 e. The second-order valence-corrected chi connectivity index (χ2v) is 4.88. The van der Waals surface area contributed by atoms with Gasteiger partial charge in [-0.15, -0.1) is 11.6 Å². The van der Waals surface area contributed by atoms with E-state index >= 15 is 0 Å². The highest BCUT2D eigenvalue weighted by molar-refractivity contribution is 6.32. The Morgan fingerprint density at radius 2 is 2.22 bits per heavy atom. The average molecular weight is 292 g/mol. The summed E-state index contributed by atoms with van der Waals surface area (Å²) in [6.45, 7) is 1.36. The van der Waals surface area contributed by atoms with Crippen molar-refractivity contribution in [2.45, 2.75) is 18.4 Å². The van der Waals surface area contributed by atoms with Gasteiger partial charge in [0.25, 0.3) is 0 Å². The van der Waals surface area contributed by atoms with Crippen LogP contribution in [0.1, 0.15) is 12.8 Å². The summed E-state index contributed by atoms with van der Waals surface area (Å²) in [7, 11) is 1.51. The zero-order valence-corrected chi connectivity index (χ0v) is 11.6. The summed E-state index contributed by atoms with van der Waals surface area (Å²) in [4.78, 5) is 8.14. The molecule has 2 rings (SSSR count). The standard InChI is InChI=1S/C11H15Cl2N3O2/c1-17-10-14-6-8(13)9(15-10)16-11(7-12)2-4-18-5-3-11/h6H,2-5,7H2,1H3,(H,14,15,16). The lowest BCUT2D eigenvalue weighted by Crippen LogP contribution is -2.45. The lowest BCUT2D eigenvalue weighted by molar-refractivity contribution is 0.0666. The fraction of sp³-hybridized carbons (Fsp3) is 0.636. The monoisotopic (exact) mass is 291 g/mol. The van der Waals surface area contributed by atoms with Gasteiger partial charge in [-0.2, -0.15) is 4.98 Å². The van der Waals surface area contributed by atoms with Gasteiger partial charge in [-0.25, -0.2) is 4.98 Å². The van der Waals surface area contributed by atoms with E-state index in [4.69, 9.17) is 32.7 Å². The van der Waals surface area contributed by atoms with E-state index in [1.165, 1.54) is 13.3 Å². The van der Waals surface area contributed by atoms with Crippen molar-refractivity contribution in [3.05, 3.63) is 11.2 Å². The van der Waals surface area contributed by atoms with E-state index in [9.17, 15) is 0 Å². The first-order chi connectivity index (χ1) is 8.69. The number of halogens is 2. The number of hydrogen-bond donors (Lipinski definition) is 1. The van der Waals surface area contributed by atoms with Gasteiger partial charge in [-0.1, -0.05) is 11.6 Å². The van der Waals surface area contributed by atoms with E-state index in [1.807, 2.05) is 0 Å². The third-order valence-electron chi connectivity index (χ3n) is 2.99. The van der Waals surface area contributed by atoms with Gasteiger partial charge in [-0.05, 0) is 12.8 Å². The lowest BCUT2D eigenvalue weighted by atomic mass is 9.92. The maximum Gasteiger partial charge on any atom is 0.318 e. The van der Waals surface area contributed by atoms with E-state index in [1.54, 1.807) is 0 Å². The molecule has 1 aliphatic rings. The van der Waals surface area contributed by atoms with Crippen molar-refractivity contribution in [1.82, 2.24) is 9.97 Å². The van der Waals surface area contributed by atoms with Gasteiger partial charge in [-0.3, -0.25) is 0 Å². The molecule has 0 radical (unpaired) electrons. The third-order valence-corrected chi connectivity index (χ3v) is 3.78. The Balaban J connectivity index is 2.20. The molecule has 0 aliphatic carbocycles. The Morgan fingerprint density at radius 3 is 2.83 bits per heavy atom. The molecule has 7 heteroatoms. The molecular weight excluding hydrogens is 277 g/mol. The van der Waals surface area contributed by atoms with Crippen LogP contribution in [0.2, 0.25) is 5.02 Å². The third kappa shape index (κ3) is 2.96. The van der Waals surface area contributed by atoms with Crippen molar-refractivity contribution in [3.63, 3.8) is 0 Å². The summed E-state index contributed by atoms with van der Waals surface area (Å²) < 4.78 is 10.3. The highest BCUT2D eigenvalue weighted by Gasteiger charge is 2.32. The number of rotatable bonds is 4. The molecular formula is C11H15Cl2N3O2. The lowest BCUT2D eigenvalue weighted by Gasteiger charge is -2.36. The molecule has 1 N–H and O–H groups in total. The van der Waals surface area contributed by atoms with Gasteiger partial charge in [0.2, 0.25) is 0 Å². The molecule has 0 aromatic carbocycles. The summed E-state index contributed by atoms with van der Waals surface area (Å²) in [6.07, 6.45) is 3.15. The highest BCUT2D eigenvalue weighted by Crippen LogP contribution is 2.30. The molecule has 0 amide bonds. The molecule has 2 heterocycles. The minimum absolute atomic E-state index is 0.233. The van der Waals surface area contributed by atoms with Crippen molar-refractivity contribution in [3.8, 4) is 6.01 Å². The zero-order chi connectivity index (χ0) is 13.0. The summed E-state index contributed by atoms with van der Waals surface area (Å²) >= 11 is 12.2. The SMILES string of the molecule is COc1ncc(Cl)c(NC2(CCl)CCOCC2)n1. The molecule has 5 nitrogen and oxygen atoms in total. The maximum absolute atomic E-state index is 6.08. The molecule has 0 atom stereocenters. The zero-order valence-electron chi connectivity index (χ0n) is 10.1. The van der Waals surface area contributed by atoms with Crippen molar-refractivity contribution >= 4 is 29.0 Å².